The number of amides is 1. The molecule has 1 aromatic heterocycles. The van der Waals surface area contributed by atoms with Crippen LogP contribution >= 0.6 is 36.4 Å². The molecule has 0 unspecified atom stereocenters. The van der Waals surface area contributed by atoms with Gasteiger partial charge in [-0.05, 0) is 53.9 Å². The number of benzene rings is 2. The maximum absolute atomic E-state index is 13.4. The molecule has 0 aliphatic carbocycles. The van der Waals surface area contributed by atoms with Crippen molar-refractivity contribution in [2.24, 2.45) is 0 Å². The zero-order chi connectivity index (χ0) is 27.7. The fourth-order valence-electron chi connectivity index (χ4n) is 4.46. The molecule has 0 spiro atoms. The van der Waals surface area contributed by atoms with E-state index in [4.69, 9.17) is 11.6 Å². The first-order chi connectivity index (χ1) is 17.8. The Morgan fingerprint density at radius 3 is 2.15 bits per heavy atom. The average Bonchev–Trinajstić information content (AvgIpc) is 2.85. The van der Waals surface area contributed by atoms with Crippen LogP contribution in [0.25, 0.3) is 0 Å². The van der Waals surface area contributed by atoms with E-state index in [0.717, 1.165) is 5.56 Å². The largest absolute Gasteiger partial charge is 0.506 e. The molecule has 0 bridgehead atoms. The molecule has 1 fully saturated rings. The molecule has 1 aliphatic heterocycles. The summed E-state index contributed by atoms with van der Waals surface area (Å²) in [6.07, 6.45) is -6.64. The summed E-state index contributed by atoms with van der Waals surface area (Å²) in [5.41, 5.74) is -2.30. The molecule has 14 heteroatoms. The van der Waals surface area contributed by atoms with Gasteiger partial charge in [-0.3, -0.25) is 14.7 Å². The molecule has 1 atom stereocenters. The number of phenols is 1. The second-order valence-corrected chi connectivity index (χ2v) is 9.44. The molecule has 3 aromatic rings. The zero-order valence-electron chi connectivity index (χ0n) is 20.5. The van der Waals surface area contributed by atoms with E-state index in [0.29, 0.717) is 30.8 Å². The highest BCUT2D eigenvalue weighted by Crippen LogP contribution is 2.37. The minimum atomic E-state index is -5.07. The molecule has 0 saturated carbocycles. The lowest BCUT2D eigenvalue weighted by Crippen LogP contribution is -2.55. The number of phenolic OH excluding ortho intramolecular Hbond substituents is 1. The Kier molecular flexibility index (Phi) is 11.1. The Balaban J connectivity index is 0.00000280. The average molecular weight is 631 g/mol. The summed E-state index contributed by atoms with van der Waals surface area (Å²) < 4.78 is 80.4. The van der Waals surface area contributed by atoms with Crippen LogP contribution in [0, 0.1) is 0 Å². The van der Waals surface area contributed by atoms with Crippen molar-refractivity contribution < 1.29 is 36.2 Å². The molecular formula is C26H24Cl3F6N3O2. The predicted molar refractivity (Wildman–Crippen MR) is 142 cm³/mol. The number of hydrogen-bond donors (Lipinski definition) is 1. The summed E-state index contributed by atoms with van der Waals surface area (Å²) in [6.45, 7) is 1.18. The van der Waals surface area contributed by atoms with Gasteiger partial charge in [-0.15, -0.1) is 24.8 Å². The standard InChI is InChI=1S/C26H22ClF6N3O2.2ClH/c27-22-4-3-16(9-23(22)37)8-21-15-35(14-17-2-1-5-34-13-17)6-7-36(21)24(38)18-10-19(25(28,29)30)12-20(11-18)26(31,32)33;;/h1-5,9-13,21,37H,6-8,14-15H2;2*1H/t21-;;/m1../s1. The Bertz CT molecular complexity index is 1280. The van der Waals surface area contributed by atoms with Gasteiger partial charge in [-0.2, -0.15) is 26.3 Å². The number of rotatable bonds is 5. The van der Waals surface area contributed by atoms with Crippen LogP contribution in [0.5, 0.6) is 5.75 Å². The Morgan fingerprint density at radius 1 is 0.950 bits per heavy atom. The maximum atomic E-state index is 13.4. The predicted octanol–water partition coefficient (Wildman–Crippen LogP) is 6.89. The topological polar surface area (TPSA) is 56.7 Å². The van der Waals surface area contributed by atoms with Crippen molar-refractivity contribution in [3.05, 3.63) is 93.8 Å². The lowest BCUT2D eigenvalue weighted by atomic mass is 9.98. The van der Waals surface area contributed by atoms with Crippen LogP contribution in [-0.2, 0) is 25.3 Å². The van der Waals surface area contributed by atoms with Crippen LogP contribution in [0.4, 0.5) is 26.3 Å². The van der Waals surface area contributed by atoms with E-state index in [-0.39, 0.29) is 61.2 Å². The normalized spacial score (nSPS) is 16.2. The van der Waals surface area contributed by atoms with Gasteiger partial charge >= 0.3 is 12.4 Å². The molecule has 1 amide bonds. The smallest absolute Gasteiger partial charge is 0.416 e. The van der Waals surface area contributed by atoms with Crippen LogP contribution in [0.2, 0.25) is 5.02 Å². The molecule has 0 radical (unpaired) electrons. The third-order valence-corrected chi connectivity index (χ3v) is 6.59. The molecule has 1 aliphatic rings. The molecule has 4 rings (SSSR count). The quantitative estimate of drug-likeness (QED) is 0.312. The Morgan fingerprint density at radius 2 is 1.60 bits per heavy atom. The third-order valence-electron chi connectivity index (χ3n) is 6.27. The van der Waals surface area contributed by atoms with Gasteiger partial charge in [0.25, 0.3) is 5.91 Å². The molecule has 1 N–H and O–H groups in total. The van der Waals surface area contributed by atoms with Gasteiger partial charge in [-0.1, -0.05) is 23.7 Å². The fourth-order valence-corrected chi connectivity index (χ4v) is 4.57. The first-order valence-electron chi connectivity index (χ1n) is 11.5. The Hall–Kier alpha value is -2.73. The van der Waals surface area contributed by atoms with E-state index < -0.39 is 41.0 Å². The summed E-state index contributed by atoms with van der Waals surface area (Å²) in [4.78, 5) is 20.8. The number of hydrogen-bond acceptors (Lipinski definition) is 4. The van der Waals surface area contributed by atoms with Gasteiger partial charge in [0, 0.05) is 50.2 Å². The highest BCUT2D eigenvalue weighted by Gasteiger charge is 2.39. The lowest BCUT2D eigenvalue weighted by molar-refractivity contribution is -0.143. The fraction of sp³-hybridized carbons (Fsp3) is 0.308. The number of nitrogens with zero attached hydrogens (tertiary/aromatic N) is 3. The van der Waals surface area contributed by atoms with Crippen molar-refractivity contribution in [1.82, 2.24) is 14.8 Å². The Labute approximate surface area is 243 Å². The van der Waals surface area contributed by atoms with Crippen molar-refractivity contribution in [2.45, 2.75) is 31.4 Å². The number of carbonyl (C=O) groups is 1. The minimum absolute atomic E-state index is 0. The molecule has 2 heterocycles. The van der Waals surface area contributed by atoms with Crippen molar-refractivity contribution in [3.8, 4) is 5.75 Å². The van der Waals surface area contributed by atoms with Crippen LogP contribution in [0.1, 0.15) is 32.6 Å². The van der Waals surface area contributed by atoms with E-state index in [1.807, 2.05) is 11.0 Å². The second-order valence-electron chi connectivity index (χ2n) is 9.03. The van der Waals surface area contributed by atoms with E-state index >= 15 is 0 Å². The van der Waals surface area contributed by atoms with Crippen molar-refractivity contribution in [2.75, 3.05) is 19.6 Å². The molecule has 2 aromatic carbocycles. The maximum Gasteiger partial charge on any atom is 0.416 e. The number of aromatic hydroxyl groups is 1. The molecule has 1 saturated heterocycles. The van der Waals surface area contributed by atoms with Gasteiger partial charge < -0.3 is 10.0 Å². The van der Waals surface area contributed by atoms with Crippen molar-refractivity contribution in [1.29, 1.82) is 0 Å². The van der Waals surface area contributed by atoms with E-state index in [1.165, 1.54) is 17.0 Å². The summed E-state index contributed by atoms with van der Waals surface area (Å²) in [5, 5.41) is 10.1. The van der Waals surface area contributed by atoms with Crippen LogP contribution in [-0.4, -0.2) is 51.5 Å². The van der Waals surface area contributed by atoms with Crippen LogP contribution in [0.3, 0.4) is 0 Å². The number of pyridine rings is 1. The lowest BCUT2D eigenvalue weighted by Gasteiger charge is -2.42. The molecular weight excluding hydrogens is 607 g/mol. The number of aromatic nitrogens is 1. The van der Waals surface area contributed by atoms with Gasteiger partial charge in [0.05, 0.1) is 16.1 Å². The SMILES string of the molecule is Cl.Cl.O=C(c1cc(C(F)(F)F)cc(C(F)(F)F)c1)N1CCN(Cc2cccnc2)C[C@H]1Cc1ccc(Cl)c(O)c1. The zero-order valence-corrected chi connectivity index (χ0v) is 22.9. The van der Waals surface area contributed by atoms with Gasteiger partial charge in [0.1, 0.15) is 5.75 Å². The summed E-state index contributed by atoms with van der Waals surface area (Å²) in [5.74, 6) is -1.12. The van der Waals surface area contributed by atoms with Crippen molar-refractivity contribution in [3.63, 3.8) is 0 Å². The molecule has 5 nitrogen and oxygen atoms in total. The number of halogens is 9. The first-order valence-corrected chi connectivity index (χ1v) is 11.9. The van der Waals surface area contributed by atoms with E-state index in [1.54, 1.807) is 24.5 Å². The van der Waals surface area contributed by atoms with Crippen LogP contribution in [0.15, 0.2) is 60.9 Å². The molecule has 218 valence electrons. The summed E-state index contributed by atoms with van der Waals surface area (Å²) >= 11 is 5.89. The summed E-state index contributed by atoms with van der Waals surface area (Å²) in [6, 6.07) is 8.45. The van der Waals surface area contributed by atoms with Crippen LogP contribution < -0.4 is 0 Å². The third kappa shape index (κ3) is 8.15. The summed E-state index contributed by atoms with van der Waals surface area (Å²) in [7, 11) is 0. The monoisotopic (exact) mass is 629 g/mol. The number of piperazine rings is 1. The second kappa shape index (κ2) is 13.3. The highest BCUT2D eigenvalue weighted by atomic mass is 35.5. The highest BCUT2D eigenvalue weighted by molar-refractivity contribution is 6.32. The van der Waals surface area contributed by atoms with E-state index in [2.05, 4.69) is 4.98 Å². The number of carbonyl (C=O) groups excluding carboxylic acids is 1. The van der Waals surface area contributed by atoms with Gasteiger partial charge in [-0.25, -0.2) is 0 Å². The van der Waals surface area contributed by atoms with Gasteiger partial charge in [0.15, 0.2) is 0 Å². The van der Waals surface area contributed by atoms with Gasteiger partial charge in [0.2, 0.25) is 0 Å². The first kappa shape index (κ1) is 33.5. The van der Waals surface area contributed by atoms with Crippen molar-refractivity contribution >= 4 is 42.3 Å². The minimum Gasteiger partial charge on any atom is -0.506 e. The molecule has 40 heavy (non-hydrogen) atoms. The number of alkyl halides is 6. The van der Waals surface area contributed by atoms with E-state index in [9.17, 15) is 36.2 Å².